The molecule has 4 N–H and O–H groups in total. The van der Waals surface area contributed by atoms with Gasteiger partial charge in [-0.3, -0.25) is 9.59 Å². The van der Waals surface area contributed by atoms with Gasteiger partial charge in [0.2, 0.25) is 5.88 Å². The Hall–Kier alpha value is -3.22. The zero-order valence-electron chi connectivity index (χ0n) is 23.6. The van der Waals surface area contributed by atoms with Crippen molar-refractivity contribution in [1.82, 2.24) is 19.9 Å². The second-order valence-electron chi connectivity index (χ2n) is 12.4. The van der Waals surface area contributed by atoms with Crippen molar-refractivity contribution in [3.8, 4) is 11.6 Å². The predicted octanol–water partition coefficient (Wildman–Crippen LogP) is 3.23. The molecule has 0 radical (unpaired) electrons. The number of amides is 2. The number of hydrogen-bond acceptors (Lipinski definition) is 9. The standard InChI is InChI=1S/C29H37N5O6S/c1-28(2,37)15-39-21-7-6-20-19(14-31-34(20)23(21)16-4-5-16)26(36)32-17-10-29(11-17)12-18(13-29)40-27-24(25(30)35)41-22(33-27)8-9-38-3/h6-7,14,16-18,37H,4-5,8-13,15H2,1-3H3,(H2,30,35)(H,32,36). The normalized spacial score (nSPS) is 23.7. The predicted molar refractivity (Wildman–Crippen MR) is 152 cm³/mol. The lowest BCUT2D eigenvalue weighted by atomic mass is 9.53. The van der Waals surface area contributed by atoms with Crippen molar-refractivity contribution >= 4 is 28.7 Å². The van der Waals surface area contributed by atoms with Crippen molar-refractivity contribution in [2.24, 2.45) is 11.1 Å². The molecule has 0 unspecified atom stereocenters. The SMILES string of the molecule is COCCc1nc(OC2CC3(CC(NC(=O)c4cnn5c(C6CC6)c(OCC(C)(C)O)ccc45)C3)C2)c(C(N)=O)s1. The molecule has 3 fully saturated rings. The van der Waals surface area contributed by atoms with E-state index in [1.807, 2.05) is 16.6 Å². The number of thiazole rings is 1. The van der Waals surface area contributed by atoms with Crippen LogP contribution >= 0.6 is 11.3 Å². The fourth-order valence-electron chi connectivity index (χ4n) is 6.05. The summed E-state index contributed by atoms with van der Waals surface area (Å²) in [5.74, 6) is 0.705. The summed E-state index contributed by atoms with van der Waals surface area (Å²) in [6, 6.07) is 3.84. The van der Waals surface area contributed by atoms with Gasteiger partial charge in [0.05, 0.1) is 40.2 Å². The van der Waals surface area contributed by atoms with Crippen LogP contribution in [0.3, 0.4) is 0 Å². The zero-order valence-corrected chi connectivity index (χ0v) is 24.5. The van der Waals surface area contributed by atoms with E-state index in [0.29, 0.717) is 41.0 Å². The molecule has 0 aliphatic heterocycles. The van der Waals surface area contributed by atoms with Crippen LogP contribution in [0.15, 0.2) is 18.3 Å². The number of aromatic nitrogens is 3. The van der Waals surface area contributed by atoms with Crippen LogP contribution in [0.5, 0.6) is 11.6 Å². The molecule has 220 valence electrons. The average Bonchev–Trinajstić information content (AvgIpc) is 3.48. The van der Waals surface area contributed by atoms with Crippen LogP contribution in [0.2, 0.25) is 0 Å². The first-order chi connectivity index (χ1) is 19.5. The highest BCUT2D eigenvalue weighted by molar-refractivity contribution is 7.14. The second kappa shape index (κ2) is 10.6. The minimum absolute atomic E-state index is 0.0181. The van der Waals surface area contributed by atoms with Gasteiger partial charge in [0.1, 0.15) is 18.5 Å². The number of pyridine rings is 1. The molecule has 12 heteroatoms. The van der Waals surface area contributed by atoms with Crippen molar-refractivity contribution in [3.63, 3.8) is 0 Å². The third-order valence-electron chi connectivity index (χ3n) is 8.15. The molecular formula is C29H37N5O6S. The van der Waals surface area contributed by atoms with E-state index in [9.17, 15) is 14.7 Å². The van der Waals surface area contributed by atoms with Gasteiger partial charge in [-0.15, -0.1) is 11.3 Å². The van der Waals surface area contributed by atoms with Gasteiger partial charge in [-0.25, -0.2) is 9.50 Å². The molecule has 6 rings (SSSR count). The lowest BCUT2D eigenvalue weighted by Crippen LogP contribution is -2.58. The van der Waals surface area contributed by atoms with E-state index < -0.39 is 11.5 Å². The number of nitrogens with one attached hydrogen (secondary N) is 1. The largest absolute Gasteiger partial charge is 0.489 e. The molecule has 3 saturated carbocycles. The highest BCUT2D eigenvalue weighted by Gasteiger charge is 2.54. The topological polar surface area (TPSA) is 150 Å². The number of ether oxygens (including phenoxy) is 3. The number of aliphatic hydroxyl groups is 1. The van der Waals surface area contributed by atoms with Gasteiger partial charge in [0.25, 0.3) is 11.8 Å². The molecule has 2 amide bonds. The third-order valence-corrected chi connectivity index (χ3v) is 9.26. The zero-order chi connectivity index (χ0) is 28.9. The Kier molecular flexibility index (Phi) is 7.19. The number of hydrogen-bond donors (Lipinski definition) is 3. The van der Waals surface area contributed by atoms with E-state index in [4.69, 9.17) is 19.9 Å². The van der Waals surface area contributed by atoms with Crippen molar-refractivity contribution in [1.29, 1.82) is 0 Å². The Morgan fingerprint density at radius 3 is 2.66 bits per heavy atom. The summed E-state index contributed by atoms with van der Waals surface area (Å²) >= 11 is 1.26. The molecule has 3 aliphatic rings. The van der Waals surface area contributed by atoms with Crippen LogP contribution in [0, 0.1) is 5.41 Å². The fourth-order valence-corrected chi connectivity index (χ4v) is 6.88. The number of rotatable bonds is 12. The van der Waals surface area contributed by atoms with Gasteiger partial charge in [-0.1, -0.05) is 0 Å². The smallest absolute Gasteiger partial charge is 0.264 e. The number of carbonyl (C=O) groups is 2. The maximum atomic E-state index is 13.3. The molecule has 11 nitrogen and oxygen atoms in total. The highest BCUT2D eigenvalue weighted by Crippen LogP contribution is 2.57. The molecular weight excluding hydrogens is 546 g/mol. The minimum atomic E-state index is -0.946. The van der Waals surface area contributed by atoms with E-state index >= 15 is 0 Å². The van der Waals surface area contributed by atoms with Gasteiger partial charge >= 0.3 is 0 Å². The van der Waals surface area contributed by atoms with E-state index in [-0.39, 0.29) is 30.1 Å². The number of fused-ring (bicyclic) bond motifs is 1. The van der Waals surface area contributed by atoms with Crippen molar-refractivity contribution in [3.05, 3.63) is 39.5 Å². The molecule has 0 bridgehead atoms. The molecule has 0 aromatic carbocycles. The Bertz CT molecular complexity index is 1460. The van der Waals surface area contributed by atoms with Crippen LogP contribution in [0.1, 0.15) is 89.0 Å². The van der Waals surface area contributed by atoms with Crippen molar-refractivity contribution < 1.29 is 28.9 Å². The molecule has 1 spiro atoms. The maximum Gasteiger partial charge on any atom is 0.264 e. The molecule has 0 atom stereocenters. The molecule has 3 aromatic heterocycles. The third kappa shape index (κ3) is 5.77. The van der Waals surface area contributed by atoms with Crippen LogP contribution in [-0.4, -0.2) is 69.6 Å². The quantitative estimate of drug-likeness (QED) is 0.294. The van der Waals surface area contributed by atoms with E-state index in [1.165, 1.54) is 11.3 Å². The van der Waals surface area contributed by atoms with E-state index in [1.54, 1.807) is 27.2 Å². The van der Waals surface area contributed by atoms with Gasteiger partial charge in [0.15, 0.2) is 4.88 Å². The first kappa shape index (κ1) is 27.9. The summed E-state index contributed by atoms with van der Waals surface area (Å²) in [5.41, 5.74) is 7.00. The number of nitrogens with zero attached hydrogens (tertiary/aromatic N) is 3. The summed E-state index contributed by atoms with van der Waals surface area (Å²) in [6.07, 6.45) is 7.81. The van der Waals surface area contributed by atoms with Crippen LogP contribution < -0.4 is 20.5 Å². The van der Waals surface area contributed by atoms with Gasteiger partial charge in [-0.05, 0) is 69.9 Å². The molecule has 3 heterocycles. The summed E-state index contributed by atoms with van der Waals surface area (Å²) < 4.78 is 18.9. The number of primary amides is 1. The van der Waals surface area contributed by atoms with Crippen LogP contribution in [0.4, 0.5) is 0 Å². The summed E-state index contributed by atoms with van der Waals surface area (Å²) in [6.45, 7) is 4.11. The maximum absolute atomic E-state index is 13.3. The minimum Gasteiger partial charge on any atom is -0.489 e. The van der Waals surface area contributed by atoms with Crippen molar-refractivity contribution in [2.45, 2.75) is 82.5 Å². The van der Waals surface area contributed by atoms with Gasteiger partial charge in [0, 0.05) is 25.5 Å². The highest BCUT2D eigenvalue weighted by atomic mass is 32.1. The number of nitrogens with two attached hydrogens (primary N) is 1. The Morgan fingerprint density at radius 1 is 1.24 bits per heavy atom. The summed E-state index contributed by atoms with van der Waals surface area (Å²) in [5, 5.41) is 18.6. The molecule has 41 heavy (non-hydrogen) atoms. The Labute approximate surface area is 242 Å². The van der Waals surface area contributed by atoms with Crippen LogP contribution in [0.25, 0.3) is 5.52 Å². The number of methoxy groups -OCH3 is 1. The van der Waals surface area contributed by atoms with E-state index in [0.717, 1.165) is 54.7 Å². The average molecular weight is 584 g/mol. The number of carbonyl (C=O) groups excluding carboxylic acids is 2. The molecule has 3 aliphatic carbocycles. The lowest BCUT2D eigenvalue weighted by molar-refractivity contribution is -0.0846. The van der Waals surface area contributed by atoms with Gasteiger partial charge < -0.3 is 30.4 Å². The Balaban J connectivity index is 1.05. The van der Waals surface area contributed by atoms with Crippen LogP contribution in [-0.2, 0) is 11.2 Å². The lowest BCUT2D eigenvalue weighted by Gasteiger charge is -2.57. The summed E-state index contributed by atoms with van der Waals surface area (Å²) in [7, 11) is 1.62. The molecule has 0 saturated heterocycles. The monoisotopic (exact) mass is 583 g/mol. The first-order valence-corrected chi connectivity index (χ1v) is 15.0. The molecule has 3 aromatic rings. The van der Waals surface area contributed by atoms with Gasteiger partial charge in [-0.2, -0.15) is 5.10 Å². The van der Waals surface area contributed by atoms with Crippen molar-refractivity contribution in [2.75, 3.05) is 20.3 Å². The first-order valence-electron chi connectivity index (χ1n) is 14.2. The Morgan fingerprint density at radius 2 is 2.00 bits per heavy atom. The second-order valence-corrected chi connectivity index (χ2v) is 13.5. The fraction of sp³-hybridized carbons (Fsp3) is 0.586. The summed E-state index contributed by atoms with van der Waals surface area (Å²) in [4.78, 5) is 29.9. The van der Waals surface area contributed by atoms with E-state index in [2.05, 4.69) is 15.4 Å².